The van der Waals surface area contributed by atoms with Crippen LogP contribution < -0.4 is 4.72 Å². The Morgan fingerprint density at radius 2 is 1.67 bits per heavy atom. The maximum atomic E-state index is 12.1. The average Bonchev–Trinajstić information content (AvgIpc) is 2.35. The average molecular weight is 315 g/mol. The van der Waals surface area contributed by atoms with Crippen molar-refractivity contribution in [2.75, 3.05) is 0 Å². The normalized spacial score (nSPS) is 13.1. The highest BCUT2D eigenvalue weighted by atomic mass is 32.2. The number of nitrogens with one attached hydrogen (secondary N) is 1. The third-order valence-electron chi connectivity index (χ3n) is 2.80. The number of hydrogen-bond acceptors (Lipinski definition) is 4. The van der Waals surface area contributed by atoms with Crippen molar-refractivity contribution in [3.8, 4) is 0 Å². The van der Waals surface area contributed by atoms with Crippen molar-refractivity contribution in [3.63, 3.8) is 0 Å². The van der Waals surface area contributed by atoms with Gasteiger partial charge in [0.1, 0.15) is 6.04 Å². The molecule has 0 unspecified atom stereocenters. The van der Waals surface area contributed by atoms with Crippen molar-refractivity contribution in [2.24, 2.45) is 5.92 Å². The molecule has 8 heteroatoms. The van der Waals surface area contributed by atoms with Gasteiger partial charge >= 0.3 is 11.9 Å². The maximum Gasteiger partial charge on any atom is 0.322 e. The van der Waals surface area contributed by atoms with Gasteiger partial charge in [-0.3, -0.25) is 9.59 Å². The third-order valence-corrected chi connectivity index (χ3v) is 4.26. The summed E-state index contributed by atoms with van der Waals surface area (Å²) in [7, 11) is -3.97. The minimum atomic E-state index is -3.97. The molecule has 0 fully saturated rings. The lowest BCUT2D eigenvalue weighted by molar-refractivity contribution is -0.140. The number of aliphatic carboxylic acids is 2. The number of carboxylic acids is 2. The summed E-state index contributed by atoms with van der Waals surface area (Å²) in [5.41, 5.74) is 0.458. The summed E-state index contributed by atoms with van der Waals surface area (Å²) in [6.07, 6.45) is -0.211. The predicted octanol–water partition coefficient (Wildman–Crippen LogP) is 0.701. The molecule has 0 aliphatic carbocycles. The van der Waals surface area contributed by atoms with Crippen molar-refractivity contribution in [2.45, 2.75) is 31.2 Å². The van der Waals surface area contributed by atoms with Crippen LogP contribution in [0.25, 0.3) is 0 Å². The fourth-order valence-electron chi connectivity index (χ4n) is 1.67. The fraction of sp³-hybridized carbons (Fsp3) is 0.385. The molecule has 7 nitrogen and oxygen atoms in total. The summed E-state index contributed by atoms with van der Waals surface area (Å²) >= 11 is 0. The molecule has 0 saturated carbocycles. The van der Waals surface area contributed by atoms with Gasteiger partial charge in [-0.15, -0.1) is 0 Å². The summed E-state index contributed by atoms with van der Waals surface area (Å²) in [6, 6.07) is 4.04. The van der Waals surface area contributed by atoms with Gasteiger partial charge < -0.3 is 10.2 Å². The smallest absolute Gasteiger partial charge is 0.322 e. The van der Waals surface area contributed by atoms with Gasteiger partial charge in [-0.2, -0.15) is 4.72 Å². The van der Waals surface area contributed by atoms with E-state index in [0.717, 1.165) is 0 Å². The molecule has 116 valence electrons. The molecule has 3 N–H and O–H groups in total. The van der Waals surface area contributed by atoms with Crippen LogP contribution in [0.15, 0.2) is 29.2 Å². The van der Waals surface area contributed by atoms with Gasteiger partial charge in [0.2, 0.25) is 10.0 Å². The Labute approximate surface area is 122 Å². The number of rotatable bonds is 7. The van der Waals surface area contributed by atoms with Crippen LogP contribution in [0.1, 0.15) is 19.4 Å². The van der Waals surface area contributed by atoms with Crippen LogP contribution in [0, 0.1) is 5.92 Å². The first kappa shape index (κ1) is 17.1. The lowest BCUT2D eigenvalue weighted by Crippen LogP contribution is -2.44. The van der Waals surface area contributed by atoms with Gasteiger partial charge in [0.05, 0.1) is 11.3 Å². The number of benzene rings is 1. The lowest BCUT2D eigenvalue weighted by atomic mass is 10.1. The van der Waals surface area contributed by atoms with E-state index in [1.54, 1.807) is 13.8 Å². The third kappa shape index (κ3) is 4.83. The van der Waals surface area contributed by atoms with Gasteiger partial charge in [0, 0.05) is 0 Å². The lowest BCUT2D eigenvalue weighted by Gasteiger charge is -2.18. The molecule has 0 heterocycles. The molecule has 21 heavy (non-hydrogen) atoms. The van der Waals surface area contributed by atoms with Gasteiger partial charge in [0.15, 0.2) is 0 Å². The SMILES string of the molecule is CC(C)[C@H](NS(=O)(=O)c1ccc(CC(=O)O)cc1)C(=O)O. The first-order valence-corrected chi connectivity index (χ1v) is 7.67. The largest absolute Gasteiger partial charge is 0.481 e. The van der Waals surface area contributed by atoms with Gasteiger partial charge in [-0.25, -0.2) is 8.42 Å². The van der Waals surface area contributed by atoms with Crippen LogP contribution in [-0.2, 0) is 26.0 Å². The van der Waals surface area contributed by atoms with Crippen molar-refractivity contribution in [1.29, 1.82) is 0 Å². The highest BCUT2D eigenvalue weighted by Gasteiger charge is 2.27. The number of sulfonamides is 1. The Kier molecular flexibility index (Phi) is 5.45. The van der Waals surface area contributed by atoms with Crippen LogP contribution in [0.3, 0.4) is 0 Å². The van der Waals surface area contributed by atoms with E-state index in [9.17, 15) is 18.0 Å². The summed E-state index contributed by atoms with van der Waals surface area (Å²) in [5, 5.41) is 17.6. The molecular formula is C13H17NO6S. The molecule has 1 aromatic carbocycles. The van der Waals surface area contributed by atoms with E-state index in [1.807, 2.05) is 0 Å². The number of carbonyl (C=O) groups is 2. The zero-order valence-corrected chi connectivity index (χ0v) is 12.4. The Bertz CT molecular complexity index is 621. The Morgan fingerprint density at radius 1 is 1.14 bits per heavy atom. The summed E-state index contributed by atoms with van der Waals surface area (Å²) in [4.78, 5) is 21.5. The van der Waals surface area contributed by atoms with E-state index in [4.69, 9.17) is 10.2 Å². The number of hydrogen-bond donors (Lipinski definition) is 3. The van der Waals surface area contributed by atoms with E-state index in [0.29, 0.717) is 5.56 Å². The molecule has 1 atom stereocenters. The monoisotopic (exact) mass is 315 g/mol. The Hall–Kier alpha value is -1.93. The molecule has 0 amide bonds. The van der Waals surface area contributed by atoms with Crippen LogP contribution in [0.5, 0.6) is 0 Å². The van der Waals surface area contributed by atoms with Crippen molar-refractivity contribution in [1.82, 2.24) is 4.72 Å². The van der Waals surface area contributed by atoms with Crippen LogP contribution in [0.4, 0.5) is 0 Å². The van der Waals surface area contributed by atoms with E-state index in [1.165, 1.54) is 24.3 Å². The van der Waals surface area contributed by atoms with E-state index in [-0.39, 0.29) is 11.3 Å². The fourth-order valence-corrected chi connectivity index (χ4v) is 3.01. The van der Waals surface area contributed by atoms with Crippen LogP contribution in [0.2, 0.25) is 0 Å². The van der Waals surface area contributed by atoms with Crippen molar-refractivity contribution in [3.05, 3.63) is 29.8 Å². The number of carboxylic acid groups (broad SMARTS) is 2. The topological polar surface area (TPSA) is 121 Å². The first-order valence-electron chi connectivity index (χ1n) is 6.19. The summed E-state index contributed by atoms with van der Waals surface area (Å²) < 4.78 is 26.3. The van der Waals surface area contributed by atoms with E-state index < -0.39 is 33.9 Å². The maximum absolute atomic E-state index is 12.1. The molecule has 0 aliphatic rings. The minimum absolute atomic E-state index is 0.108. The molecule has 0 saturated heterocycles. The van der Waals surface area contributed by atoms with Crippen LogP contribution >= 0.6 is 0 Å². The molecular weight excluding hydrogens is 298 g/mol. The van der Waals surface area contributed by atoms with Crippen LogP contribution in [-0.4, -0.2) is 36.6 Å². The minimum Gasteiger partial charge on any atom is -0.481 e. The standard InChI is InChI=1S/C13H17NO6S/c1-8(2)12(13(17)18)14-21(19,20)10-5-3-9(4-6-10)7-11(15)16/h3-6,8,12,14H,7H2,1-2H3,(H,15,16)(H,17,18)/t12-/m0/s1. The van der Waals surface area contributed by atoms with Gasteiger partial charge in [-0.1, -0.05) is 26.0 Å². The zero-order valence-electron chi connectivity index (χ0n) is 11.6. The second-order valence-corrected chi connectivity index (χ2v) is 6.61. The van der Waals surface area contributed by atoms with E-state index in [2.05, 4.69) is 4.72 Å². The first-order chi connectivity index (χ1) is 9.63. The second-order valence-electron chi connectivity index (χ2n) is 4.90. The van der Waals surface area contributed by atoms with E-state index >= 15 is 0 Å². The predicted molar refractivity (Wildman–Crippen MR) is 74.4 cm³/mol. The van der Waals surface area contributed by atoms with Crippen molar-refractivity contribution >= 4 is 22.0 Å². The molecule has 0 aliphatic heterocycles. The zero-order chi connectivity index (χ0) is 16.2. The Morgan fingerprint density at radius 3 is 2.05 bits per heavy atom. The molecule has 1 aromatic rings. The molecule has 0 radical (unpaired) electrons. The highest BCUT2D eigenvalue weighted by molar-refractivity contribution is 7.89. The summed E-state index contributed by atoms with van der Waals surface area (Å²) in [6.45, 7) is 3.19. The summed E-state index contributed by atoms with van der Waals surface area (Å²) in [5.74, 6) is -2.69. The molecule has 1 rings (SSSR count). The quantitative estimate of drug-likeness (QED) is 0.681. The highest BCUT2D eigenvalue weighted by Crippen LogP contribution is 2.13. The second kappa shape index (κ2) is 6.68. The molecule has 0 aromatic heterocycles. The molecule has 0 spiro atoms. The van der Waals surface area contributed by atoms with Gasteiger partial charge in [-0.05, 0) is 23.6 Å². The van der Waals surface area contributed by atoms with Gasteiger partial charge in [0.25, 0.3) is 0 Å². The Balaban J connectivity index is 2.97. The van der Waals surface area contributed by atoms with Crippen molar-refractivity contribution < 1.29 is 28.2 Å². The molecule has 0 bridgehead atoms.